The molecule has 2 aliphatic rings. The molecule has 12 heteroatoms. The zero-order valence-electron chi connectivity index (χ0n) is 26.7. The van der Waals surface area contributed by atoms with Gasteiger partial charge in [-0.2, -0.15) is 0 Å². The standard InChI is InChI=1S/C34H43N5O7/c1-34(2,3)46-33(45)36-20-9-7-5-4-6-8-19-35-29(41)23-15-13-22(14-16-23)21-37-25-12-10-11-24-28(25)32(44)39(31(24)43)26-17-18-27(40)38-30(26)42/h10-16,26,37H,4-9,17-21H2,1-3H3,(H,35,41)(H,36,45)(H,38,40,42). The quantitative estimate of drug-likeness (QED) is 0.177. The molecule has 0 radical (unpaired) electrons. The van der Waals surface area contributed by atoms with Crippen molar-refractivity contribution in [3.63, 3.8) is 0 Å². The third-order valence-corrected chi connectivity index (χ3v) is 7.72. The number of amides is 6. The summed E-state index contributed by atoms with van der Waals surface area (Å²) >= 11 is 0. The molecule has 246 valence electrons. The molecule has 2 aliphatic heterocycles. The predicted octanol–water partition coefficient (Wildman–Crippen LogP) is 4.30. The number of ether oxygens (including phenoxy) is 1. The first-order valence-electron chi connectivity index (χ1n) is 15.9. The number of carbonyl (C=O) groups is 6. The summed E-state index contributed by atoms with van der Waals surface area (Å²) in [7, 11) is 0. The van der Waals surface area contributed by atoms with E-state index in [1.54, 1.807) is 30.3 Å². The molecule has 0 aromatic heterocycles. The summed E-state index contributed by atoms with van der Waals surface area (Å²) in [5.41, 5.74) is 1.79. The molecule has 4 N–H and O–H groups in total. The van der Waals surface area contributed by atoms with E-state index in [2.05, 4.69) is 21.3 Å². The van der Waals surface area contributed by atoms with E-state index >= 15 is 0 Å². The lowest BCUT2D eigenvalue weighted by Gasteiger charge is -2.27. The minimum atomic E-state index is -1.03. The van der Waals surface area contributed by atoms with Crippen LogP contribution in [0.15, 0.2) is 42.5 Å². The van der Waals surface area contributed by atoms with Gasteiger partial charge in [-0.3, -0.25) is 34.2 Å². The number of hydrogen-bond donors (Lipinski definition) is 4. The Bertz CT molecular complexity index is 1470. The normalized spacial score (nSPS) is 16.2. The van der Waals surface area contributed by atoms with E-state index in [9.17, 15) is 28.8 Å². The number of piperidine rings is 1. The van der Waals surface area contributed by atoms with Crippen LogP contribution in [-0.4, -0.2) is 65.3 Å². The Labute approximate surface area is 269 Å². The van der Waals surface area contributed by atoms with Crippen molar-refractivity contribution in [3.05, 3.63) is 64.7 Å². The van der Waals surface area contributed by atoms with Gasteiger partial charge in [-0.1, -0.05) is 43.9 Å². The van der Waals surface area contributed by atoms with Gasteiger partial charge in [0.2, 0.25) is 11.8 Å². The molecule has 2 aromatic rings. The van der Waals surface area contributed by atoms with Crippen molar-refractivity contribution < 1.29 is 33.5 Å². The SMILES string of the molecule is CC(C)(C)OC(=O)NCCCCCCCCNC(=O)c1ccc(CNc2cccc3c2C(=O)N(C2CCC(=O)NC2=O)C3=O)cc1. The molecule has 0 saturated carbocycles. The molecule has 0 aliphatic carbocycles. The number of unbranched alkanes of at least 4 members (excludes halogenated alkanes) is 5. The Kier molecular flexibility index (Phi) is 11.5. The molecular weight excluding hydrogens is 590 g/mol. The van der Waals surface area contributed by atoms with Crippen LogP contribution in [0.4, 0.5) is 10.5 Å². The molecule has 1 fully saturated rings. The van der Waals surface area contributed by atoms with Gasteiger partial charge in [-0.15, -0.1) is 0 Å². The highest BCUT2D eigenvalue weighted by Gasteiger charge is 2.45. The molecule has 2 aromatic carbocycles. The van der Waals surface area contributed by atoms with E-state index < -0.39 is 35.3 Å². The van der Waals surface area contributed by atoms with E-state index in [4.69, 9.17) is 4.74 Å². The second-order valence-electron chi connectivity index (χ2n) is 12.5. The Hall–Kier alpha value is -4.74. The fraction of sp³-hybridized carbons (Fsp3) is 0.471. The minimum absolute atomic E-state index is 0.0577. The van der Waals surface area contributed by atoms with Crippen LogP contribution in [0, 0.1) is 0 Å². The summed E-state index contributed by atoms with van der Waals surface area (Å²) in [5, 5.41) is 11.1. The van der Waals surface area contributed by atoms with E-state index in [1.807, 2.05) is 32.9 Å². The molecule has 0 spiro atoms. The van der Waals surface area contributed by atoms with Crippen molar-refractivity contribution in [2.24, 2.45) is 0 Å². The molecule has 4 rings (SSSR count). The first-order valence-corrected chi connectivity index (χ1v) is 15.9. The highest BCUT2D eigenvalue weighted by Crippen LogP contribution is 2.32. The fourth-order valence-electron chi connectivity index (χ4n) is 5.40. The number of nitrogens with zero attached hydrogens (tertiary/aromatic N) is 1. The van der Waals surface area contributed by atoms with Gasteiger partial charge in [-0.25, -0.2) is 4.79 Å². The summed E-state index contributed by atoms with van der Waals surface area (Å²) in [5.74, 6) is -2.35. The number of fused-ring (bicyclic) bond motifs is 1. The van der Waals surface area contributed by atoms with Crippen molar-refractivity contribution in [1.29, 1.82) is 0 Å². The second kappa shape index (κ2) is 15.5. The first-order chi connectivity index (χ1) is 21.9. The van der Waals surface area contributed by atoms with Gasteiger partial charge in [0.25, 0.3) is 17.7 Å². The zero-order chi connectivity index (χ0) is 33.3. The van der Waals surface area contributed by atoms with Gasteiger partial charge in [0.05, 0.1) is 11.1 Å². The Balaban J connectivity index is 1.16. The lowest BCUT2D eigenvalue weighted by atomic mass is 10.0. The molecule has 12 nitrogen and oxygen atoms in total. The summed E-state index contributed by atoms with van der Waals surface area (Å²) in [6.45, 7) is 7.03. The maximum absolute atomic E-state index is 13.3. The van der Waals surface area contributed by atoms with Crippen molar-refractivity contribution >= 4 is 41.3 Å². The number of nitrogens with one attached hydrogen (secondary N) is 4. The molecular formula is C34H43N5O7. The average Bonchev–Trinajstić information content (AvgIpc) is 3.26. The maximum Gasteiger partial charge on any atom is 0.407 e. The molecule has 6 amide bonds. The molecule has 1 saturated heterocycles. The van der Waals surface area contributed by atoms with Crippen molar-refractivity contribution in [3.8, 4) is 0 Å². The monoisotopic (exact) mass is 633 g/mol. The Morgan fingerprint density at radius 1 is 0.870 bits per heavy atom. The van der Waals surface area contributed by atoms with Crippen LogP contribution in [0.3, 0.4) is 0 Å². The number of benzene rings is 2. The van der Waals surface area contributed by atoms with Gasteiger partial charge in [0, 0.05) is 37.3 Å². The largest absolute Gasteiger partial charge is 0.444 e. The molecule has 0 bridgehead atoms. The smallest absolute Gasteiger partial charge is 0.407 e. The average molecular weight is 634 g/mol. The van der Waals surface area contributed by atoms with Crippen LogP contribution in [0.2, 0.25) is 0 Å². The number of rotatable bonds is 14. The van der Waals surface area contributed by atoms with Crippen LogP contribution in [0.1, 0.15) is 109 Å². The number of imide groups is 2. The van der Waals surface area contributed by atoms with Crippen LogP contribution in [0.25, 0.3) is 0 Å². The lowest BCUT2D eigenvalue weighted by Crippen LogP contribution is -2.54. The number of carbonyl (C=O) groups excluding carboxylic acids is 6. The number of alkyl carbamates (subject to hydrolysis) is 1. The molecule has 1 unspecified atom stereocenters. The lowest BCUT2D eigenvalue weighted by molar-refractivity contribution is -0.136. The van der Waals surface area contributed by atoms with Crippen LogP contribution >= 0.6 is 0 Å². The van der Waals surface area contributed by atoms with Gasteiger partial charge in [0.15, 0.2) is 0 Å². The van der Waals surface area contributed by atoms with E-state index in [0.717, 1.165) is 49.0 Å². The summed E-state index contributed by atoms with van der Waals surface area (Å²) in [6, 6.07) is 11.0. The third-order valence-electron chi connectivity index (χ3n) is 7.72. The topological polar surface area (TPSA) is 163 Å². The van der Waals surface area contributed by atoms with Gasteiger partial charge in [-0.05, 0) is 69.9 Å². The van der Waals surface area contributed by atoms with E-state index in [1.165, 1.54) is 0 Å². The number of hydrogen-bond acceptors (Lipinski definition) is 8. The highest BCUT2D eigenvalue weighted by molar-refractivity contribution is 6.25. The molecule has 2 heterocycles. The van der Waals surface area contributed by atoms with Crippen LogP contribution < -0.4 is 21.3 Å². The Morgan fingerprint density at radius 2 is 1.52 bits per heavy atom. The fourth-order valence-corrected chi connectivity index (χ4v) is 5.40. The van der Waals surface area contributed by atoms with Crippen molar-refractivity contribution in [2.45, 2.75) is 90.3 Å². The third kappa shape index (κ3) is 9.15. The van der Waals surface area contributed by atoms with Crippen LogP contribution in [0.5, 0.6) is 0 Å². The summed E-state index contributed by atoms with van der Waals surface area (Å²) in [6.07, 6.45) is 5.69. The predicted molar refractivity (Wildman–Crippen MR) is 171 cm³/mol. The van der Waals surface area contributed by atoms with E-state index in [0.29, 0.717) is 30.9 Å². The first kappa shape index (κ1) is 34.1. The van der Waals surface area contributed by atoms with Crippen molar-refractivity contribution in [1.82, 2.24) is 20.9 Å². The maximum atomic E-state index is 13.3. The second-order valence-corrected chi connectivity index (χ2v) is 12.5. The molecule has 1 atom stereocenters. The van der Waals surface area contributed by atoms with E-state index in [-0.39, 0.29) is 36.0 Å². The molecule has 46 heavy (non-hydrogen) atoms. The van der Waals surface area contributed by atoms with Crippen molar-refractivity contribution in [2.75, 3.05) is 18.4 Å². The summed E-state index contributed by atoms with van der Waals surface area (Å²) < 4.78 is 5.21. The summed E-state index contributed by atoms with van der Waals surface area (Å²) in [4.78, 5) is 75.4. The highest BCUT2D eigenvalue weighted by atomic mass is 16.6. The van der Waals surface area contributed by atoms with Crippen LogP contribution in [-0.2, 0) is 20.9 Å². The Morgan fingerprint density at radius 3 is 2.17 bits per heavy atom. The van der Waals surface area contributed by atoms with Gasteiger partial charge in [0.1, 0.15) is 11.6 Å². The number of anilines is 1. The van der Waals surface area contributed by atoms with Gasteiger partial charge >= 0.3 is 6.09 Å². The van der Waals surface area contributed by atoms with Gasteiger partial charge < -0.3 is 20.7 Å². The zero-order valence-corrected chi connectivity index (χ0v) is 26.7. The minimum Gasteiger partial charge on any atom is -0.444 e.